The van der Waals surface area contributed by atoms with Crippen LogP contribution in [0.2, 0.25) is 0 Å². The van der Waals surface area contributed by atoms with Crippen LogP contribution in [-0.2, 0) is 38.1 Å². The van der Waals surface area contributed by atoms with E-state index in [0.29, 0.717) is 24.8 Å². The molecule has 3 saturated heterocycles. The van der Waals surface area contributed by atoms with Crippen molar-refractivity contribution in [3.63, 3.8) is 0 Å². The summed E-state index contributed by atoms with van der Waals surface area (Å²) in [6.07, 6.45) is 2.16. The van der Waals surface area contributed by atoms with E-state index in [4.69, 9.17) is 28.1 Å². The average Bonchev–Trinajstić information content (AvgIpc) is 3.32. The van der Waals surface area contributed by atoms with E-state index < -0.39 is 81.8 Å². The predicted molar refractivity (Wildman–Crippen MR) is 149 cm³/mol. The van der Waals surface area contributed by atoms with Crippen molar-refractivity contribution in [2.45, 2.75) is 110 Å². The van der Waals surface area contributed by atoms with Gasteiger partial charge in [0, 0.05) is 52.1 Å². The fraction of sp³-hybridized carbons (Fsp3) is 0.727. The smallest absolute Gasteiger partial charge is 0.339 e. The van der Waals surface area contributed by atoms with Crippen molar-refractivity contribution in [1.82, 2.24) is 0 Å². The highest BCUT2D eigenvalue weighted by atomic mass is 16.7. The van der Waals surface area contributed by atoms with Crippen LogP contribution in [0.3, 0.4) is 0 Å². The number of aliphatic hydroxyl groups excluding tert-OH is 1. The molecule has 234 valence electrons. The van der Waals surface area contributed by atoms with Gasteiger partial charge in [-0.15, -0.1) is 0 Å². The largest absolute Gasteiger partial charge is 0.472 e. The molecule has 0 bridgehead atoms. The SMILES string of the molecule is CC=C(C)C(=O)O[C@H]1C[C@H](OC(C)=O)[C@]2(C)CO[C@H]3[C@@H](O)[C@]4(C)[C@H](CC[C@@]5(C)[C@H](c6ccoc6)OC(=O)[C@@H]6O[C@@]645)[C@@]1(C)[C@@H]32. The maximum absolute atomic E-state index is 13.5. The Morgan fingerprint density at radius 1 is 1.09 bits per heavy atom. The highest BCUT2D eigenvalue weighted by molar-refractivity contribution is 5.87. The van der Waals surface area contributed by atoms with Crippen LogP contribution in [0, 0.1) is 33.5 Å². The summed E-state index contributed by atoms with van der Waals surface area (Å²) in [4.78, 5) is 39.1. The molecule has 10 heteroatoms. The molecule has 0 amide bonds. The molecule has 6 aliphatic rings. The molecule has 3 saturated carbocycles. The van der Waals surface area contributed by atoms with E-state index >= 15 is 0 Å². The van der Waals surface area contributed by atoms with Crippen LogP contribution in [0.4, 0.5) is 0 Å². The molecule has 3 aliphatic heterocycles. The van der Waals surface area contributed by atoms with Gasteiger partial charge in [0.05, 0.1) is 31.3 Å². The van der Waals surface area contributed by atoms with Gasteiger partial charge in [0.2, 0.25) is 0 Å². The van der Waals surface area contributed by atoms with Crippen LogP contribution >= 0.6 is 0 Å². The fourth-order valence-electron chi connectivity index (χ4n) is 11.0. The third-order valence-electron chi connectivity index (χ3n) is 13.0. The number of hydrogen-bond donors (Lipinski definition) is 1. The van der Waals surface area contributed by atoms with Gasteiger partial charge in [-0.05, 0) is 38.7 Å². The van der Waals surface area contributed by atoms with Gasteiger partial charge in [0.25, 0.3) is 0 Å². The van der Waals surface area contributed by atoms with Crippen molar-refractivity contribution in [2.24, 2.45) is 33.5 Å². The van der Waals surface area contributed by atoms with E-state index in [1.165, 1.54) is 6.92 Å². The van der Waals surface area contributed by atoms with Crippen molar-refractivity contribution in [3.8, 4) is 0 Å². The minimum atomic E-state index is -1.05. The number of carbonyl (C=O) groups is 3. The van der Waals surface area contributed by atoms with Gasteiger partial charge in [0.1, 0.15) is 23.9 Å². The summed E-state index contributed by atoms with van der Waals surface area (Å²) in [6, 6.07) is 1.81. The molecule has 1 aromatic heterocycles. The standard InChI is InChI=1S/C33H42O10/c1-8-16(2)27(36)41-21-13-20(40-17(3)34)29(4)15-39-22-23(29)31(21,6)19-9-11-30(5)25(18-10-12-38-14-18)42-28(37)26-33(30,43-26)32(19,7)24(22)35/h8,10,12,14,19-26,35H,9,11,13,15H2,1-7H3/t19-,20+,21+,22-,23+,24-,25+,26+,29+,30+,31-,32+,33-/m1/s1. The number of cyclic esters (lactones) is 1. The summed E-state index contributed by atoms with van der Waals surface area (Å²) < 4.78 is 36.8. The summed E-state index contributed by atoms with van der Waals surface area (Å²) in [5.74, 6) is -1.82. The Hall–Kier alpha value is -2.69. The van der Waals surface area contributed by atoms with Gasteiger partial charge in [-0.2, -0.15) is 0 Å². The predicted octanol–water partition coefficient (Wildman–Crippen LogP) is 4.05. The summed E-state index contributed by atoms with van der Waals surface area (Å²) in [7, 11) is 0. The molecule has 0 unspecified atom stereocenters. The molecule has 0 radical (unpaired) electrons. The Morgan fingerprint density at radius 3 is 2.49 bits per heavy atom. The van der Waals surface area contributed by atoms with Crippen LogP contribution in [0.25, 0.3) is 0 Å². The Balaban J connectivity index is 1.39. The number of ether oxygens (including phenoxy) is 5. The van der Waals surface area contributed by atoms with E-state index in [-0.39, 0.29) is 18.4 Å². The van der Waals surface area contributed by atoms with Crippen molar-refractivity contribution >= 4 is 17.9 Å². The number of aliphatic hydroxyl groups is 1. The van der Waals surface area contributed by atoms with E-state index in [1.54, 1.807) is 32.4 Å². The van der Waals surface area contributed by atoms with Gasteiger partial charge in [-0.25, -0.2) is 9.59 Å². The Morgan fingerprint density at radius 2 is 1.84 bits per heavy atom. The first-order chi connectivity index (χ1) is 20.2. The molecule has 1 aromatic rings. The summed E-state index contributed by atoms with van der Waals surface area (Å²) in [5.41, 5.74) is -2.78. The quantitative estimate of drug-likeness (QED) is 0.234. The van der Waals surface area contributed by atoms with Crippen molar-refractivity contribution in [3.05, 3.63) is 35.8 Å². The first kappa shape index (κ1) is 29.0. The number of carbonyl (C=O) groups excluding carboxylic acids is 3. The topological polar surface area (TPSA) is 134 Å². The normalized spacial score (nSPS) is 51.3. The van der Waals surface area contributed by atoms with Crippen molar-refractivity contribution in [1.29, 1.82) is 0 Å². The molecule has 1 spiro atoms. The van der Waals surface area contributed by atoms with E-state index in [0.717, 1.165) is 5.56 Å². The number of hydrogen-bond acceptors (Lipinski definition) is 10. The molecule has 7 rings (SSSR count). The van der Waals surface area contributed by atoms with Crippen LogP contribution < -0.4 is 0 Å². The van der Waals surface area contributed by atoms with Crippen LogP contribution in [-0.4, -0.2) is 65.7 Å². The van der Waals surface area contributed by atoms with E-state index in [1.807, 2.05) is 13.0 Å². The summed E-state index contributed by atoms with van der Waals surface area (Å²) in [6.45, 7) is 13.5. The average molecular weight is 599 g/mol. The second kappa shape index (κ2) is 8.95. The lowest BCUT2D eigenvalue weighted by Crippen LogP contribution is -2.77. The molecule has 43 heavy (non-hydrogen) atoms. The maximum Gasteiger partial charge on any atom is 0.339 e. The third-order valence-corrected chi connectivity index (χ3v) is 13.0. The van der Waals surface area contributed by atoms with Crippen LogP contribution in [0.1, 0.15) is 79.4 Å². The number of epoxide rings is 1. The fourth-order valence-corrected chi connectivity index (χ4v) is 11.0. The van der Waals surface area contributed by atoms with Gasteiger partial charge >= 0.3 is 17.9 Å². The lowest BCUT2D eigenvalue weighted by molar-refractivity contribution is -0.303. The minimum absolute atomic E-state index is 0.228. The monoisotopic (exact) mass is 598 g/mol. The molecule has 0 aromatic carbocycles. The lowest BCUT2D eigenvalue weighted by atomic mass is 9.34. The van der Waals surface area contributed by atoms with Crippen LogP contribution in [0.5, 0.6) is 0 Å². The lowest BCUT2D eigenvalue weighted by Gasteiger charge is -2.71. The summed E-state index contributed by atoms with van der Waals surface area (Å²) >= 11 is 0. The molecular weight excluding hydrogens is 556 g/mol. The van der Waals surface area contributed by atoms with Crippen molar-refractivity contribution in [2.75, 3.05) is 6.61 Å². The summed E-state index contributed by atoms with van der Waals surface area (Å²) in [5, 5.41) is 12.5. The second-order valence-corrected chi connectivity index (χ2v) is 14.7. The number of furan rings is 1. The van der Waals surface area contributed by atoms with Crippen molar-refractivity contribution < 1.29 is 47.6 Å². The first-order valence-corrected chi connectivity index (χ1v) is 15.4. The van der Waals surface area contributed by atoms with Gasteiger partial charge in [-0.1, -0.05) is 33.8 Å². The molecular formula is C33H42O10. The number of esters is 3. The molecule has 1 N–H and O–H groups in total. The third kappa shape index (κ3) is 3.27. The molecule has 6 fully saturated rings. The number of allylic oxidation sites excluding steroid dienone is 1. The highest BCUT2D eigenvalue weighted by Gasteiger charge is 2.90. The zero-order chi connectivity index (χ0) is 30.9. The van der Waals surface area contributed by atoms with Gasteiger partial charge in [-0.3, -0.25) is 4.79 Å². The molecule has 13 atom stereocenters. The number of rotatable bonds is 4. The molecule has 10 nitrogen and oxygen atoms in total. The van der Waals surface area contributed by atoms with Crippen LogP contribution in [0.15, 0.2) is 34.7 Å². The Labute approximate surface area is 251 Å². The Kier molecular flexibility index (Phi) is 6.04. The zero-order valence-electron chi connectivity index (χ0n) is 25.9. The zero-order valence-corrected chi connectivity index (χ0v) is 25.9. The molecule has 4 heterocycles. The van der Waals surface area contributed by atoms with Gasteiger partial charge < -0.3 is 33.2 Å². The maximum atomic E-state index is 13.5. The highest BCUT2D eigenvalue weighted by Crippen LogP contribution is 2.81. The van der Waals surface area contributed by atoms with Gasteiger partial charge in [0.15, 0.2) is 6.10 Å². The second-order valence-electron chi connectivity index (χ2n) is 14.7. The number of fused-ring (bicyclic) bond motifs is 2. The molecule has 3 aliphatic carbocycles. The van der Waals surface area contributed by atoms with E-state index in [9.17, 15) is 19.5 Å². The Bertz CT molecular complexity index is 1400. The van der Waals surface area contributed by atoms with E-state index in [2.05, 4.69) is 20.8 Å². The minimum Gasteiger partial charge on any atom is -0.472 e. The first-order valence-electron chi connectivity index (χ1n) is 15.4.